The van der Waals surface area contributed by atoms with E-state index in [1.165, 1.54) is 11.3 Å². The largest absolute Gasteiger partial charge is 0.494 e. The van der Waals surface area contributed by atoms with Crippen LogP contribution >= 0.6 is 11.3 Å². The van der Waals surface area contributed by atoms with Gasteiger partial charge in [0.15, 0.2) is 0 Å². The summed E-state index contributed by atoms with van der Waals surface area (Å²) in [5, 5.41) is 17.4. The molecule has 1 spiro atoms. The van der Waals surface area contributed by atoms with E-state index in [2.05, 4.69) is 16.0 Å². The van der Waals surface area contributed by atoms with Gasteiger partial charge < -0.3 is 25.0 Å². The van der Waals surface area contributed by atoms with Crippen LogP contribution in [0.5, 0.6) is 5.75 Å². The standard InChI is InChI=1S/C33H35F2N5O6S/c34-33(35)20-32(33)15-26(40(21-32)28(42)17-37-27(41)12-7-13-45-24-10-5-2-6-11-24)30(43)38-16-25-14-23(19-47-25)29(36)39-31(44)46-18-22-8-3-1-4-9-22/h1-6,8-11,14,19,26H,7,12-13,15-18,20-21H2,(H,37,41)(H,38,43)(H2,36,39,44)/t26-,32+/m0/s1. The summed E-state index contributed by atoms with van der Waals surface area (Å²) in [6.45, 7) is -0.308. The Morgan fingerprint density at radius 1 is 1.02 bits per heavy atom. The molecule has 2 heterocycles. The number of alkyl carbamates (subject to hydrolysis) is 1. The molecule has 0 unspecified atom stereocenters. The number of para-hydroxylation sites is 1. The lowest BCUT2D eigenvalue weighted by Crippen LogP contribution is -2.48. The van der Waals surface area contributed by atoms with Gasteiger partial charge in [0.1, 0.15) is 24.2 Å². The summed E-state index contributed by atoms with van der Waals surface area (Å²) in [7, 11) is 0. The van der Waals surface area contributed by atoms with Crippen LogP contribution in [0.2, 0.25) is 0 Å². The smallest absolute Gasteiger partial charge is 0.413 e. The minimum absolute atomic E-state index is 0.0267. The van der Waals surface area contributed by atoms with Gasteiger partial charge in [-0.05, 0) is 36.6 Å². The van der Waals surface area contributed by atoms with Crippen LogP contribution in [0.25, 0.3) is 0 Å². The van der Waals surface area contributed by atoms with Crippen LogP contribution in [0.4, 0.5) is 13.6 Å². The molecule has 2 fully saturated rings. The summed E-state index contributed by atoms with van der Waals surface area (Å²) in [6.07, 6.45) is -0.852. The van der Waals surface area contributed by atoms with Crippen molar-refractivity contribution in [1.29, 1.82) is 5.41 Å². The zero-order valence-electron chi connectivity index (χ0n) is 25.4. The summed E-state index contributed by atoms with van der Waals surface area (Å²) in [5.74, 6) is -4.07. The Balaban J connectivity index is 1.08. The summed E-state index contributed by atoms with van der Waals surface area (Å²) in [4.78, 5) is 52.5. The quantitative estimate of drug-likeness (QED) is 0.122. The molecule has 4 amide bonds. The molecule has 3 aromatic rings. The second-order valence-corrected chi connectivity index (χ2v) is 12.5. The first-order valence-corrected chi connectivity index (χ1v) is 16.0. The van der Waals surface area contributed by atoms with Gasteiger partial charge in [-0.3, -0.25) is 25.1 Å². The van der Waals surface area contributed by atoms with Crippen LogP contribution < -0.4 is 20.7 Å². The highest BCUT2D eigenvalue weighted by Crippen LogP contribution is 2.66. The second kappa shape index (κ2) is 14.7. The van der Waals surface area contributed by atoms with Crippen molar-refractivity contribution in [2.24, 2.45) is 5.41 Å². The SMILES string of the molecule is N=C(NC(=O)OCc1ccccc1)c1csc(CNC(=O)[C@@H]2C[C@]3(CN2C(=O)CNC(=O)CCCOc2ccccc2)CC3(F)F)c1. The normalized spacial score (nSPS) is 19.1. The van der Waals surface area contributed by atoms with Crippen molar-refractivity contribution in [1.82, 2.24) is 20.9 Å². The molecule has 1 aliphatic carbocycles. The average Bonchev–Trinajstić information content (AvgIpc) is 3.42. The predicted molar refractivity (Wildman–Crippen MR) is 169 cm³/mol. The summed E-state index contributed by atoms with van der Waals surface area (Å²) >= 11 is 1.23. The van der Waals surface area contributed by atoms with Gasteiger partial charge in [0.25, 0.3) is 5.92 Å². The number of carbonyl (C=O) groups excluding carboxylic acids is 4. The minimum atomic E-state index is -2.97. The Morgan fingerprint density at radius 2 is 1.72 bits per heavy atom. The molecule has 2 atom stereocenters. The predicted octanol–water partition coefficient (Wildman–Crippen LogP) is 4.22. The van der Waals surface area contributed by atoms with Crippen LogP contribution in [-0.4, -0.2) is 66.2 Å². The molecule has 11 nitrogen and oxygen atoms in total. The lowest BCUT2D eigenvalue weighted by atomic mass is 10.0. The maximum Gasteiger partial charge on any atom is 0.413 e. The van der Waals surface area contributed by atoms with Crippen molar-refractivity contribution in [2.75, 3.05) is 19.7 Å². The van der Waals surface area contributed by atoms with Crippen molar-refractivity contribution in [3.63, 3.8) is 0 Å². The third-order valence-corrected chi connectivity index (χ3v) is 9.02. The number of benzene rings is 2. The second-order valence-electron chi connectivity index (χ2n) is 11.5. The number of hydrogen-bond donors (Lipinski definition) is 4. The van der Waals surface area contributed by atoms with E-state index in [1.807, 2.05) is 36.4 Å². The molecule has 5 rings (SSSR count). The maximum absolute atomic E-state index is 14.3. The fourth-order valence-electron chi connectivity index (χ4n) is 5.38. The van der Waals surface area contributed by atoms with Crippen molar-refractivity contribution < 1.29 is 37.4 Å². The van der Waals surface area contributed by atoms with Gasteiger partial charge in [0, 0.05) is 35.2 Å². The highest BCUT2D eigenvalue weighted by atomic mass is 32.1. The molecule has 4 N–H and O–H groups in total. The van der Waals surface area contributed by atoms with Crippen LogP contribution in [0.1, 0.15) is 41.7 Å². The lowest BCUT2D eigenvalue weighted by Gasteiger charge is -2.24. The summed E-state index contributed by atoms with van der Waals surface area (Å²) in [5.41, 5.74) is -0.255. The van der Waals surface area contributed by atoms with E-state index in [-0.39, 0.29) is 44.3 Å². The van der Waals surface area contributed by atoms with Gasteiger partial charge in [-0.2, -0.15) is 0 Å². The van der Waals surface area contributed by atoms with Crippen LogP contribution in [0, 0.1) is 10.8 Å². The number of alkyl halides is 2. The van der Waals surface area contributed by atoms with E-state index in [0.29, 0.717) is 29.2 Å². The summed E-state index contributed by atoms with van der Waals surface area (Å²) in [6, 6.07) is 18.7. The zero-order chi connectivity index (χ0) is 33.4. The Kier molecular flexibility index (Phi) is 10.5. The Bertz CT molecular complexity index is 1600. The number of nitrogens with zero attached hydrogens (tertiary/aromatic N) is 1. The van der Waals surface area contributed by atoms with Crippen molar-refractivity contribution in [2.45, 2.75) is 50.8 Å². The van der Waals surface area contributed by atoms with Gasteiger partial charge >= 0.3 is 6.09 Å². The molecule has 14 heteroatoms. The monoisotopic (exact) mass is 667 g/mol. The highest BCUT2D eigenvalue weighted by molar-refractivity contribution is 7.10. The summed E-state index contributed by atoms with van der Waals surface area (Å²) < 4.78 is 39.3. The molecule has 47 heavy (non-hydrogen) atoms. The Morgan fingerprint density at radius 3 is 2.43 bits per heavy atom. The third kappa shape index (κ3) is 8.70. The number of likely N-dealkylation sites (tertiary alicyclic amines) is 1. The average molecular weight is 668 g/mol. The van der Waals surface area contributed by atoms with Crippen molar-refractivity contribution >= 4 is 41.0 Å². The highest BCUT2D eigenvalue weighted by Gasteiger charge is 2.75. The maximum atomic E-state index is 14.3. The molecule has 0 radical (unpaired) electrons. The van der Waals surface area contributed by atoms with Crippen LogP contribution in [0.3, 0.4) is 0 Å². The molecule has 1 aliphatic heterocycles. The molecular weight excluding hydrogens is 632 g/mol. The van der Waals surface area contributed by atoms with E-state index < -0.39 is 48.3 Å². The fourth-order valence-corrected chi connectivity index (χ4v) is 6.20. The third-order valence-electron chi connectivity index (χ3n) is 8.08. The molecule has 1 saturated heterocycles. The number of thiophene rings is 1. The minimum Gasteiger partial charge on any atom is -0.494 e. The lowest BCUT2D eigenvalue weighted by molar-refractivity contribution is -0.138. The Hall–Kier alpha value is -4.85. The van der Waals surface area contributed by atoms with Crippen molar-refractivity contribution in [3.8, 4) is 5.75 Å². The number of rotatable bonds is 13. The van der Waals surface area contributed by atoms with Gasteiger partial charge in [0.05, 0.1) is 25.1 Å². The van der Waals surface area contributed by atoms with E-state index in [4.69, 9.17) is 14.9 Å². The van der Waals surface area contributed by atoms with Gasteiger partial charge in [-0.15, -0.1) is 11.3 Å². The molecule has 248 valence electrons. The number of amidine groups is 1. The molecule has 2 aromatic carbocycles. The Labute approximate surface area is 274 Å². The van der Waals surface area contributed by atoms with Gasteiger partial charge in [-0.1, -0.05) is 48.5 Å². The number of ether oxygens (including phenoxy) is 2. The number of halogens is 2. The molecule has 1 saturated carbocycles. The van der Waals surface area contributed by atoms with Crippen molar-refractivity contribution in [3.05, 3.63) is 88.1 Å². The topological polar surface area (TPSA) is 150 Å². The molecule has 1 aromatic heterocycles. The number of hydrogen-bond acceptors (Lipinski definition) is 8. The first kappa shape index (κ1) is 33.5. The first-order valence-electron chi connectivity index (χ1n) is 15.1. The number of nitrogens with one attached hydrogen (secondary N) is 4. The first-order chi connectivity index (χ1) is 22.5. The van der Waals surface area contributed by atoms with Gasteiger partial charge in [-0.25, -0.2) is 13.6 Å². The number of carbonyl (C=O) groups is 4. The van der Waals surface area contributed by atoms with Gasteiger partial charge in [0.2, 0.25) is 17.7 Å². The van der Waals surface area contributed by atoms with Crippen LogP contribution in [0.15, 0.2) is 72.1 Å². The molecular formula is C33H35F2N5O6S. The number of amides is 4. The zero-order valence-corrected chi connectivity index (χ0v) is 26.2. The van der Waals surface area contributed by atoms with E-state index in [0.717, 1.165) is 10.5 Å². The molecule has 2 aliphatic rings. The molecule has 0 bridgehead atoms. The van der Waals surface area contributed by atoms with E-state index >= 15 is 0 Å². The van der Waals surface area contributed by atoms with E-state index in [1.54, 1.807) is 35.7 Å². The van der Waals surface area contributed by atoms with Crippen LogP contribution in [-0.2, 0) is 32.3 Å². The fraction of sp³-hybridized carbons (Fsp3) is 0.364. The van der Waals surface area contributed by atoms with E-state index in [9.17, 15) is 28.0 Å².